The molecule has 0 N–H and O–H groups in total. The third-order valence-corrected chi connectivity index (χ3v) is 6.39. The molecule has 0 aromatic carbocycles. The van der Waals surface area contributed by atoms with Crippen molar-refractivity contribution in [3.05, 3.63) is 34.7 Å². The number of imidazole rings is 1. The number of halogens is 4. The van der Waals surface area contributed by atoms with E-state index in [1.807, 2.05) is 0 Å². The highest BCUT2D eigenvalue weighted by Gasteiger charge is 2.33. The van der Waals surface area contributed by atoms with Crippen LogP contribution in [0.4, 0.5) is 13.2 Å². The number of hydrogen-bond acceptors (Lipinski definition) is 6. The van der Waals surface area contributed by atoms with E-state index in [0.29, 0.717) is 10.7 Å². The monoisotopic (exact) mass is 488 g/mol. The van der Waals surface area contributed by atoms with Gasteiger partial charge in [0.2, 0.25) is 0 Å². The van der Waals surface area contributed by atoms with Gasteiger partial charge in [-0.25, -0.2) is 27.9 Å². The molecule has 0 aliphatic rings. The van der Waals surface area contributed by atoms with Crippen molar-refractivity contribution in [2.24, 2.45) is 7.05 Å². The molecule has 0 unspecified atom stereocenters. The number of fused-ring (bicyclic) bond motifs is 2. The van der Waals surface area contributed by atoms with Crippen LogP contribution in [0.25, 0.3) is 28.2 Å². The average Bonchev–Trinajstić information content (AvgIpc) is 3.18. The summed E-state index contributed by atoms with van der Waals surface area (Å²) in [6, 6.07) is 0.871. The topological polar surface area (TPSA) is 95.0 Å². The van der Waals surface area contributed by atoms with Crippen LogP contribution < -0.4 is 0 Å². The van der Waals surface area contributed by atoms with E-state index in [4.69, 9.17) is 0 Å². The van der Waals surface area contributed by atoms with E-state index < -0.39 is 21.6 Å². The van der Waals surface area contributed by atoms with Gasteiger partial charge in [0.25, 0.3) is 0 Å². The number of rotatable bonds is 3. The molecule has 0 aliphatic heterocycles. The van der Waals surface area contributed by atoms with E-state index in [2.05, 4.69) is 36.0 Å². The van der Waals surface area contributed by atoms with E-state index in [1.54, 1.807) is 0 Å². The Morgan fingerprint density at radius 2 is 1.86 bits per heavy atom. The van der Waals surface area contributed by atoms with Crippen molar-refractivity contribution < 1.29 is 21.6 Å². The highest BCUT2D eigenvalue weighted by Crippen LogP contribution is 2.34. The zero-order valence-corrected chi connectivity index (χ0v) is 17.3. The predicted octanol–water partition coefficient (Wildman–Crippen LogP) is 3.25. The van der Waals surface area contributed by atoms with E-state index in [9.17, 15) is 21.6 Å². The molecule has 0 radical (unpaired) electrons. The fraction of sp³-hybridized carbons (Fsp3) is 0.250. The number of sulfone groups is 1. The number of aromatic nitrogens is 6. The lowest BCUT2D eigenvalue weighted by atomic mass is 10.2. The van der Waals surface area contributed by atoms with Gasteiger partial charge < -0.3 is 4.57 Å². The second-order valence-corrected chi connectivity index (χ2v) is 9.29. The molecule has 0 aliphatic carbocycles. The van der Waals surface area contributed by atoms with Gasteiger partial charge in [-0.2, -0.15) is 18.3 Å². The highest BCUT2D eigenvalue weighted by molar-refractivity contribution is 9.10. The van der Waals surface area contributed by atoms with E-state index >= 15 is 0 Å². The Bertz CT molecular complexity index is 1380. The van der Waals surface area contributed by atoms with Gasteiger partial charge in [0.1, 0.15) is 16.9 Å². The molecule has 4 aromatic heterocycles. The van der Waals surface area contributed by atoms with E-state index in [-0.39, 0.29) is 39.0 Å². The molecule has 13 heteroatoms. The molecule has 8 nitrogen and oxygen atoms in total. The maximum atomic E-state index is 13.0. The first-order chi connectivity index (χ1) is 13.5. The lowest BCUT2D eigenvalue weighted by molar-refractivity contribution is -0.137. The average molecular weight is 489 g/mol. The smallest absolute Gasteiger partial charge is 0.312 e. The summed E-state index contributed by atoms with van der Waals surface area (Å²) in [6.07, 6.45) is -0.870. The second kappa shape index (κ2) is 6.49. The van der Waals surface area contributed by atoms with Crippen molar-refractivity contribution in [1.82, 2.24) is 29.1 Å². The SMILES string of the molecule is CCS(=O)(=O)c1nn2cc(Br)cnc2c1-c1nc2cc(C(F)(F)F)cnc2n1C. The van der Waals surface area contributed by atoms with Crippen LogP contribution in [-0.2, 0) is 23.1 Å². The molecule has 0 amide bonds. The zero-order valence-electron chi connectivity index (χ0n) is 14.9. The minimum absolute atomic E-state index is 0.0198. The number of alkyl halides is 3. The standard InChI is InChI=1S/C16H12BrF3N6O2S/c1-3-29(27,28)15-11(13-22-6-9(17)7-26(13)24-15)14-23-10-4-8(16(18,19)20)5-21-12(10)25(14)2/h4-7H,3H2,1-2H3. The summed E-state index contributed by atoms with van der Waals surface area (Å²) in [7, 11) is -2.24. The van der Waals surface area contributed by atoms with Crippen LogP contribution in [0.15, 0.2) is 34.2 Å². The van der Waals surface area contributed by atoms with Crippen LogP contribution in [0.1, 0.15) is 12.5 Å². The first-order valence-corrected chi connectivity index (χ1v) is 10.6. The van der Waals surface area contributed by atoms with Gasteiger partial charge in [-0.05, 0) is 22.0 Å². The first-order valence-electron chi connectivity index (χ1n) is 8.19. The zero-order chi connectivity index (χ0) is 21.1. The number of pyridine rings is 1. The number of nitrogens with zero attached hydrogens (tertiary/aromatic N) is 6. The molecule has 0 spiro atoms. The van der Waals surface area contributed by atoms with Gasteiger partial charge in [0, 0.05) is 25.6 Å². The van der Waals surface area contributed by atoms with Crippen LogP contribution in [0.5, 0.6) is 0 Å². The van der Waals surface area contributed by atoms with Crippen molar-refractivity contribution in [3.63, 3.8) is 0 Å². The fourth-order valence-corrected chi connectivity index (χ4v) is 4.17. The highest BCUT2D eigenvalue weighted by atomic mass is 79.9. The van der Waals surface area contributed by atoms with E-state index in [0.717, 1.165) is 6.07 Å². The molecular weight excluding hydrogens is 477 g/mol. The maximum Gasteiger partial charge on any atom is 0.417 e. The lowest BCUT2D eigenvalue weighted by Gasteiger charge is -2.05. The lowest BCUT2D eigenvalue weighted by Crippen LogP contribution is -2.07. The van der Waals surface area contributed by atoms with Gasteiger partial charge in [-0.15, -0.1) is 0 Å². The van der Waals surface area contributed by atoms with Crippen molar-refractivity contribution in [2.45, 2.75) is 18.1 Å². The summed E-state index contributed by atoms with van der Waals surface area (Å²) in [5.41, 5.74) is -0.487. The summed E-state index contributed by atoms with van der Waals surface area (Å²) in [5.74, 6) is -0.116. The molecule has 0 saturated heterocycles. The molecular formula is C16H12BrF3N6O2S. The molecule has 0 atom stereocenters. The van der Waals surface area contributed by atoms with Gasteiger partial charge in [0.15, 0.2) is 26.2 Å². The molecule has 0 bridgehead atoms. The Labute approximate surface area is 170 Å². The van der Waals surface area contributed by atoms with Gasteiger partial charge in [-0.3, -0.25) is 0 Å². The molecule has 4 rings (SSSR count). The molecule has 152 valence electrons. The van der Waals surface area contributed by atoms with Crippen LogP contribution in [0.3, 0.4) is 0 Å². The quantitative estimate of drug-likeness (QED) is 0.439. The molecule has 29 heavy (non-hydrogen) atoms. The molecule has 0 fully saturated rings. The Morgan fingerprint density at radius 3 is 2.52 bits per heavy atom. The Hall–Kier alpha value is -2.54. The van der Waals surface area contributed by atoms with Crippen molar-refractivity contribution in [3.8, 4) is 11.4 Å². The van der Waals surface area contributed by atoms with Crippen LogP contribution in [0, 0.1) is 0 Å². The summed E-state index contributed by atoms with van der Waals surface area (Å²) in [6.45, 7) is 1.47. The molecule has 4 heterocycles. The summed E-state index contributed by atoms with van der Waals surface area (Å²) in [5, 5.41) is 3.89. The Morgan fingerprint density at radius 1 is 1.17 bits per heavy atom. The normalized spacial score (nSPS) is 12.9. The van der Waals surface area contributed by atoms with Crippen LogP contribution in [0.2, 0.25) is 0 Å². The number of hydrogen-bond donors (Lipinski definition) is 0. The minimum atomic E-state index is -4.58. The first kappa shape index (κ1) is 19.8. The molecule has 4 aromatic rings. The fourth-order valence-electron chi connectivity index (χ4n) is 2.90. The van der Waals surface area contributed by atoms with Crippen molar-refractivity contribution in [1.29, 1.82) is 0 Å². The predicted molar refractivity (Wildman–Crippen MR) is 101 cm³/mol. The number of aryl methyl sites for hydroxylation is 1. The third kappa shape index (κ3) is 3.17. The van der Waals surface area contributed by atoms with Crippen LogP contribution >= 0.6 is 15.9 Å². The van der Waals surface area contributed by atoms with Crippen molar-refractivity contribution in [2.75, 3.05) is 5.75 Å². The summed E-state index contributed by atoms with van der Waals surface area (Å²) >= 11 is 3.25. The Kier molecular flexibility index (Phi) is 4.42. The van der Waals surface area contributed by atoms with Gasteiger partial charge in [0.05, 0.1) is 15.8 Å². The largest absolute Gasteiger partial charge is 0.417 e. The van der Waals surface area contributed by atoms with Crippen LogP contribution in [-0.4, -0.2) is 43.3 Å². The van der Waals surface area contributed by atoms with Gasteiger partial charge >= 0.3 is 6.18 Å². The van der Waals surface area contributed by atoms with Crippen molar-refractivity contribution >= 4 is 42.6 Å². The second-order valence-electron chi connectivity index (χ2n) is 6.18. The van der Waals surface area contributed by atoms with E-state index in [1.165, 1.54) is 35.4 Å². The maximum absolute atomic E-state index is 13.0. The third-order valence-electron chi connectivity index (χ3n) is 4.34. The summed E-state index contributed by atoms with van der Waals surface area (Å²) in [4.78, 5) is 12.3. The van der Waals surface area contributed by atoms with Gasteiger partial charge in [-0.1, -0.05) is 6.92 Å². The Balaban J connectivity index is 2.07. The minimum Gasteiger partial charge on any atom is -0.312 e. The summed E-state index contributed by atoms with van der Waals surface area (Å²) < 4.78 is 67.7. The molecule has 0 saturated carbocycles.